The van der Waals surface area contributed by atoms with Crippen molar-refractivity contribution in [3.05, 3.63) is 69.0 Å². The van der Waals surface area contributed by atoms with Gasteiger partial charge in [0, 0.05) is 17.2 Å². The van der Waals surface area contributed by atoms with Crippen molar-refractivity contribution in [3.63, 3.8) is 0 Å². The number of hydrogen-bond acceptors (Lipinski definition) is 9. The Bertz CT molecular complexity index is 1760. The number of hydrogen-bond donors (Lipinski definition) is 3. The van der Waals surface area contributed by atoms with Crippen LogP contribution in [-0.2, 0) is 4.74 Å². The van der Waals surface area contributed by atoms with Crippen LogP contribution in [0.5, 0.6) is 23.0 Å². The highest BCUT2D eigenvalue weighted by Gasteiger charge is 2.33. The zero-order valence-electron chi connectivity index (χ0n) is 19.7. The molecule has 36 heavy (non-hydrogen) atoms. The van der Waals surface area contributed by atoms with Crippen LogP contribution in [0.3, 0.4) is 0 Å². The average Bonchev–Trinajstić information content (AvgIpc) is 2.81. The van der Waals surface area contributed by atoms with Crippen LogP contribution in [0.25, 0.3) is 32.7 Å². The van der Waals surface area contributed by atoms with Gasteiger partial charge in [0.05, 0.1) is 30.7 Å². The summed E-state index contributed by atoms with van der Waals surface area (Å²) >= 11 is 0. The number of benzene rings is 3. The van der Waals surface area contributed by atoms with Gasteiger partial charge in [-0.2, -0.15) is 0 Å². The van der Waals surface area contributed by atoms with Crippen LogP contribution in [0, 0.1) is 13.8 Å². The number of fused-ring (bicyclic) bond motifs is 3. The zero-order valence-corrected chi connectivity index (χ0v) is 19.7. The topological polar surface area (TPSA) is 144 Å². The number of aryl methyl sites for hydroxylation is 2. The van der Waals surface area contributed by atoms with Crippen molar-refractivity contribution in [1.29, 1.82) is 0 Å². The number of rotatable bonds is 3. The second kappa shape index (κ2) is 7.88. The molecular weight excluding hydrogens is 468 g/mol. The summed E-state index contributed by atoms with van der Waals surface area (Å²) in [6.07, 6.45) is 0.986. The molecule has 3 aromatic carbocycles. The van der Waals surface area contributed by atoms with Gasteiger partial charge in [0.15, 0.2) is 11.5 Å². The van der Waals surface area contributed by atoms with Crippen LogP contribution >= 0.6 is 0 Å². The molecule has 0 bridgehead atoms. The number of ether oxygens (including phenoxy) is 2. The maximum atomic E-state index is 12.8. The molecule has 0 radical (unpaired) electrons. The van der Waals surface area contributed by atoms with Crippen molar-refractivity contribution in [3.8, 4) is 34.1 Å². The summed E-state index contributed by atoms with van der Waals surface area (Å²) in [5, 5.41) is 34.2. The highest BCUT2D eigenvalue weighted by Crippen LogP contribution is 2.52. The van der Waals surface area contributed by atoms with Gasteiger partial charge >= 0.3 is 5.63 Å². The first-order chi connectivity index (χ1) is 17.1. The predicted octanol–water partition coefficient (Wildman–Crippen LogP) is 4.26. The van der Waals surface area contributed by atoms with E-state index < -0.39 is 34.4 Å². The van der Waals surface area contributed by atoms with E-state index in [1.54, 1.807) is 26.0 Å². The van der Waals surface area contributed by atoms with Crippen molar-refractivity contribution in [2.75, 3.05) is 14.2 Å². The lowest BCUT2D eigenvalue weighted by Crippen LogP contribution is -2.19. The largest absolute Gasteiger partial charge is 0.506 e. The maximum Gasteiger partial charge on any atom is 0.347 e. The average molecular weight is 488 g/mol. The Morgan fingerprint density at radius 3 is 2.11 bits per heavy atom. The molecule has 0 fully saturated rings. The molecule has 0 saturated carbocycles. The van der Waals surface area contributed by atoms with E-state index in [1.165, 1.54) is 26.4 Å². The van der Waals surface area contributed by atoms with Gasteiger partial charge in [0.2, 0.25) is 5.78 Å². The fraction of sp³-hybridized carbons (Fsp3) is 0.148. The minimum Gasteiger partial charge on any atom is -0.506 e. The van der Waals surface area contributed by atoms with Gasteiger partial charge in [0.25, 0.3) is 0 Å². The SMILES string of the molecule is COC1=CC(=O)c2c(cc(C)c(-c3c(OC)cc4cc5cc(C)oc(=O)c5c(O)c4c3O)c2O)C1=O. The molecule has 4 aromatic rings. The lowest BCUT2D eigenvalue weighted by molar-refractivity contribution is 0.0915. The molecule has 0 aliphatic heterocycles. The van der Waals surface area contributed by atoms with E-state index in [9.17, 15) is 29.7 Å². The van der Waals surface area contributed by atoms with Gasteiger partial charge in [-0.1, -0.05) is 0 Å². The van der Waals surface area contributed by atoms with E-state index in [0.717, 1.165) is 6.08 Å². The number of methoxy groups -OCH3 is 2. The molecule has 0 unspecified atom stereocenters. The van der Waals surface area contributed by atoms with Crippen LogP contribution in [0.2, 0.25) is 0 Å². The number of aromatic hydroxyl groups is 3. The Balaban J connectivity index is 1.90. The lowest BCUT2D eigenvalue weighted by Gasteiger charge is -2.22. The number of carbonyl (C=O) groups excluding carboxylic acids is 2. The van der Waals surface area contributed by atoms with Crippen molar-refractivity contribution in [1.82, 2.24) is 0 Å². The first-order valence-corrected chi connectivity index (χ1v) is 10.8. The third kappa shape index (κ3) is 3.06. The molecule has 1 aromatic heterocycles. The molecule has 3 N–H and O–H groups in total. The molecule has 1 aliphatic rings. The molecule has 1 aliphatic carbocycles. The Labute approximate surface area is 203 Å². The van der Waals surface area contributed by atoms with Crippen LogP contribution in [0.15, 0.2) is 45.3 Å². The summed E-state index contributed by atoms with van der Waals surface area (Å²) in [7, 11) is 2.62. The summed E-state index contributed by atoms with van der Waals surface area (Å²) in [6.45, 7) is 3.18. The fourth-order valence-corrected chi connectivity index (χ4v) is 4.79. The van der Waals surface area contributed by atoms with Crippen molar-refractivity contribution in [2.45, 2.75) is 13.8 Å². The van der Waals surface area contributed by atoms with Crippen LogP contribution in [0.1, 0.15) is 32.0 Å². The second-order valence-corrected chi connectivity index (χ2v) is 8.48. The number of Topliss-reactive ketones (excluding diaryl/α,β-unsaturated/α-hetero) is 1. The maximum absolute atomic E-state index is 12.8. The summed E-state index contributed by atoms with van der Waals surface area (Å²) in [5.74, 6) is -2.46. The molecule has 9 nitrogen and oxygen atoms in total. The van der Waals surface area contributed by atoms with E-state index in [0.29, 0.717) is 22.1 Å². The molecule has 0 atom stereocenters. The smallest absolute Gasteiger partial charge is 0.347 e. The third-order valence-corrected chi connectivity index (χ3v) is 6.35. The molecule has 0 saturated heterocycles. The number of phenolic OH excluding ortho intramolecular Hbond substituents is 3. The Morgan fingerprint density at radius 1 is 0.750 bits per heavy atom. The quantitative estimate of drug-likeness (QED) is 0.360. The highest BCUT2D eigenvalue weighted by atomic mass is 16.5. The Kier molecular flexibility index (Phi) is 5.03. The van der Waals surface area contributed by atoms with Crippen molar-refractivity contribution in [2.24, 2.45) is 0 Å². The molecule has 0 spiro atoms. The highest BCUT2D eigenvalue weighted by molar-refractivity contribution is 6.26. The van der Waals surface area contributed by atoms with E-state index in [2.05, 4.69) is 0 Å². The number of carbonyl (C=O) groups is 2. The predicted molar refractivity (Wildman–Crippen MR) is 130 cm³/mol. The Hall–Kier alpha value is -4.79. The normalized spacial score (nSPS) is 13.2. The fourth-order valence-electron chi connectivity index (χ4n) is 4.79. The summed E-state index contributed by atoms with van der Waals surface area (Å²) < 4.78 is 15.6. The van der Waals surface area contributed by atoms with Crippen LogP contribution < -0.4 is 10.4 Å². The van der Waals surface area contributed by atoms with Gasteiger partial charge in [-0.05, 0) is 54.4 Å². The minimum atomic E-state index is -0.779. The van der Waals surface area contributed by atoms with E-state index in [1.807, 2.05) is 0 Å². The van der Waals surface area contributed by atoms with Crippen molar-refractivity contribution >= 4 is 33.1 Å². The molecular formula is C27H20O9. The molecule has 0 amide bonds. The van der Waals surface area contributed by atoms with Gasteiger partial charge in [-0.3, -0.25) is 9.59 Å². The standard InChI is InChI=1S/C27H20O9/c1-10-5-14-21(15(28)9-17(35-4)23(14)29)24(30)18(10)22-16(34-3)8-13-7-12-6-11(2)36-27(33)20(12)25(31)19(13)26(22)32/h5-9,30-32H,1-4H3. The van der Waals surface area contributed by atoms with Crippen molar-refractivity contribution < 1.29 is 38.8 Å². The van der Waals surface area contributed by atoms with Gasteiger partial charge < -0.3 is 29.2 Å². The monoisotopic (exact) mass is 488 g/mol. The number of phenols is 3. The lowest BCUT2D eigenvalue weighted by atomic mass is 9.85. The van der Waals surface area contributed by atoms with Gasteiger partial charge in [0.1, 0.15) is 34.1 Å². The minimum absolute atomic E-state index is 0.0239. The third-order valence-electron chi connectivity index (χ3n) is 6.35. The Morgan fingerprint density at radius 2 is 1.44 bits per heavy atom. The summed E-state index contributed by atoms with van der Waals surface area (Å²) in [6, 6.07) is 6.12. The van der Waals surface area contributed by atoms with Crippen LogP contribution in [-0.4, -0.2) is 41.1 Å². The molecule has 5 rings (SSSR count). The number of allylic oxidation sites excluding steroid dienone is 2. The molecule has 1 heterocycles. The van der Waals surface area contributed by atoms with E-state index >= 15 is 0 Å². The molecule has 9 heteroatoms. The zero-order chi connectivity index (χ0) is 26.0. The van der Waals surface area contributed by atoms with E-state index in [-0.39, 0.29) is 44.5 Å². The first kappa shape index (κ1) is 23.0. The second-order valence-electron chi connectivity index (χ2n) is 8.48. The van der Waals surface area contributed by atoms with Crippen LogP contribution in [0.4, 0.5) is 0 Å². The number of ketones is 2. The summed E-state index contributed by atoms with van der Waals surface area (Å²) in [4.78, 5) is 38.0. The van der Waals surface area contributed by atoms with Gasteiger partial charge in [-0.15, -0.1) is 0 Å². The van der Waals surface area contributed by atoms with E-state index in [4.69, 9.17) is 13.9 Å². The molecule has 182 valence electrons. The first-order valence-electron chi connectivity index (χ1n) is 10.8. The summed E-state index contributed by atoms with van der Waals surface area (Å²) in [5.41, 5.74) is -0.737. The van der Waals surface area contributed by atoms with Gasteiger partial charge in [-0.25, -0.2) is 4.79 Å².